The topological polar surface area (TPSA) is 65.8 Å². The number of pyridine rings is 1. The molecule has 1 saturated heterocycles. The molecule has 0 radical (unpaired) electrons. The predicted octanol–water partition coefficient (Wildman–Crippen LogP) is 3.77. The molecule has 2 aromatic rings. The number of benzene rings is 1. The number of aromatic hydroxyl groups is 1. The maximum absolute atomic E-state index is 13.4. The summed E-state index contributed by atoms with van der Waals surface area (Å²) in [5.41, 5.74) is -0.322. The molecule has 30 heavy (non-hydrogen) atoms. The van der Waals surface area contributed by atoms with E-state index in [1.54, 1.807) is 29.3 Å². The minimum absolute atomic E-state index is 0.244. The molecule has 2 aliphatic heterocycles. The first kappa shape index (κ1) is 20.8. The van der Waals surface area contributed by atoms with Crippen molar-refractivity contribution >= 4 is 21.8 Å². The Kier molecular flexibility index (Phi) is 5.08. The minimum atomic E-state index is -4.36. The summed E-state index contributed by atoms with van der Waals surface area (Å²) in [7, 11) is 1.53. The molecule has 160 valence electrons. The summed E-state index contributed by atoms with van der Waals surface area (Å²) in [6.45, 7) is 0. The molecule has 0 spiro atoms. The van der Waals surface area contributed by atoms with Crippen LogP contribution in [0.4, 0.5) is 13.2 Å². The first-order chi connectivity index (χ1) is 14.1. The average molecular weight is 486 g/mol. The molecule has 0 bridgehead atoms. The first-order valence-electron chi connectivity index (χ1n) is 9.41. The Labute approximate surface area is 178 Å². The van der Waals surface area contributed by atoms with Crippen molar-refractivity contribution in [2.24, 2.45) is 5.92 Å². The van der Waals surface area contributed by atoms with Crippen molar-refractivity contribution in [3.05, 3.63) is 62.5 Å². The number of piperidine rings is 1. The zero-order valence-electron chi connectivity index (χ0n) is 15.9. The highest BCUT2D eigenvalue weighted by Gasteiger charge is 2.49. The van der Waals surface area contributed by atoms with Gasteiger partial charge in [-0.05, 0) is 30.4 Å². The van der Waals surface area contributed by atoms with Gasteiger partial charge in [-0.2, -0.15) is 13.2 Å². The number of carbonyl (C=O) groups excluding carboxylic acids is 1. The van der Waals surface area contributed by atoms with E-state index in [0.29, 0.717) is 16.5 Å². The molecule has 1 amide bonds. The van der Waals surface area contributed by atoms with Gasteiger partial charge in [0.15, 0.2) is 11.4 Å². The summed E-state index contributed by atoms with van der Waals surface area (Å²) < 4.78 is 42.3. The second kappa shape index (κ2) is 7.33. The Morgan fingerprint density at radius 1 is 1.17 bits per heavy atom. The number of rotatable bonds is 2. The fourth-order valence-corrected chi connectivity index (χ4v) is 5.06. The second-order valence-corrected chi connectivity index (χ2v) is 8.48. The number of amides is 1. The number of alkyl halides is 3. The van der Waals surface area contributed by atoms with E-state index < -0.39 is 47.8 Å². The van der Waals surface area contributed by atoms with E-state index in [-0.39, 0.29) is 12.1 Å². The molecule has 1 aromatic carbocycles. The molecule has 1 aromatic heterocycles. The molecular weight excluding hydrogens is 467 g/mol. The van der Waals surface area contributed by atoms with Crippen LogP contribution in [0, 0.1) is 5.92 Å². The van der Waals surface area contributed by atoms with Gasteiger partial charge >= 0.3 is 6.18 Å². The van der Waals surface area contributed by atoms with E-state index in [9.17, 15) is 27.9 Å². The van der Waals surface area contributed by atoms with Crippen LogP contribution < -0.4 is 10.4 Å². The van der Waals surface area contributed by atoms with Crippen molar-refractivity contribution in [3.63, 3.8) is 0 Å². The van der Waals surface area contributed by atoms with Crippen LogP contribution in [0.25, 0.3) is 0 Å². The van der Waals surface area contributed by atoms with Crippen molar-refractivity contribution in [1.29, 1.82) is 0 Å². The van der Waals surface area contributed by atoms with E-state index in [4.69, 9.17) is 0 Å². The van der Waals surface area contributed by atoms with E-state index in [1.807, 2.05) is 0 Å². The third-order valence-electron chi connectivity index (χ3n) is 5.82. The fraction of sp³-hybridized carbons (Fsp3) is 0.400. The van der Waals surface area contributed by atoms with Gasteiger partial charge < -0.3 is 10.0 Å². The standard InChI is InChI=1S/C20H19BrF3N3O3/c1-25-15-7-6-11(10-20(22,23)24)16(12-4-2-3-5-13(12)21)27(15)26-9-8-14(28)18(29)17(26)19(25)30/h2-5,8-9,11,15-16,29H,6-7,10H2,1H3. The van der Waals surface area contributed by atoms with Gasteiger partial charge in [-0.25, -0.2) is 0 Å². The molecule has 1 fully saturated rings. The van der Waals surface area contributed by atoms with Gasteiger partial charge in [0, 0.05) is 30.2 Å². The number of halogens is 4. The van der Waals surface area contributed by atoms with E-state index in [2.05, 4.69) is 15.9 Å². The van der Waals surface area contributed by atoms with Crippen LogP contribution in [0.15, 0.2) is 45.8 Å². The van der Waals surface area contributed by atoms with E-state index >= 15 is 0 Å². The van der Waals surface area contributed by atoms with Crippen LogP contribution in [0.3, 0.4) is 0 Å². The molecule has 3 unspecified atom stereocenters. The Hall–Kier alpha value is -2.49. The lowest BCUT2D eigenvalue weighted by molar-refractivity contribution is -0.149. The molecule has 0 aliphatic carbocycles. The molecule has 3 heterocycles. The van der Waals surface area contributed by atoms with Gasteiger partial charge in [0.1, 0.15) is 6.17 Å². The van der Waals surface area contributed by atoms with Crippen molar-refractivity contribution in [1.82, 2.24) is 9.58 Å². The zero-order chi connectivity index (χ0) is 21.8. The maximum Gasteiger partial charge on any atom is 0.389 e. The summed E-state index contributed by atoms with van der Waals surface area (Å²) in [6.07, 6.45) is -3.92. The molecule has 10 heteroatoms. The highest BCUT2D eigenvalue weighted by atomic mass is 79.9. The lowest BCUT2D eigenvalue weighted by Gasteiger charge is -2.54. The number of nitrogens with zero attached hydrogens (tertiary/aromatic N) is 3. The van der Waals surface area contributed by atoms with Gasteiger partial charge in [0.2, 0.25) is 5.43 Å². The van der Waals surface area contributed by atoms with Crippen molar-refractivity contribution in [2.45, 2.75) is 37.6 Å². The molecular formula is C20H19BrF3N3O3. The Bertz CT molecular complexity index is 1060. The van der Waals surface area contributed by atoms with Crippen LogP contribution in [0.1, 0.15) is 41.4 Å². The largest absolute Gasteiger partial charge is 0.502 e. The molecule has 3 atom stereocenters. The summed E-state index contributed by atoms with van der Waals surface area (Å²) in [4.78, 5) is 26.2. The van der Waals surface area contributed by atoms with E-state index in [0.717, 1.165) is 6.07 Å². The number of fused-ring (bicyclic) bond motifs is 3. The number of aromatic nitrogens is 1. The highest BCUT2D eigenvalue weighted by molar-refractivity contribution is 9.10. The normalized spacial score (nSPS) is 23.9. The molecule has 1 N–H and O–H groups in total. The van der Waals surface area contributed by atoms with Gasteiger partial charge in [-0.3, -0.25) is 19.3 Å². The van der Waals surface area contributed by atoms with Crippen LogP contribution in [0.5, 0.6) is 5.75 Å². The smallest absolute Gasteiger partial charge is 0.389 e. The lowest BCUT2D eigenvalue weighted by atomic mass is 9.81. The van der Waals surface area contributed by atoms with Gasteiger partial charge in [-0.15, -0.1) is 0 Å². The quantitative estimate of drug-likeness (QED) is 0.702. The third-order valence-corrected chi connectivity index (χ3v) is 6.54. The number of hydrogen-bond donors (Lipinski definition) is 1. The predicted molar refractivity (Wildman–Crippen MR) is 107 cm³/mol. The average Bonchev–Trinajstić information content (AvgIpc) is 2.67. The van der Waals surface area contributed by atoms with Crippen molar-refractivity contribution in [2.75, 3.05) is 12.1 Å². The molecule has 6 nitrogen and oxygen atoms in total. The second-order valence-electron chi connectivity index (χ2n) is 7.62. The van der Waals surface area contributed by atoms with Crippen LogP contribution in [-0.2, 0) is 0 Å². The monoisotopic (exact) mass is 485 g/mol. The van der Waals surface area contributed by atoms with Crippen LogP contribution >= 0.6 is 15.9 Å². The highest BCUT2D eigenvalue weighted by Crippen LogP contribution is 2.47. The Morgan fingerprint density at radius 2 is 1.87 bits per heavy atom. The molecule has 0 saturated carbocycles. The molecule has 2 aliphatic rings. The number of carbonyl (C=O) groups is 1. The van der Waals surface area contributed by atoms with Crippen molar-refractivity contribution in [3.8, 4) is 5.75 Å². The Balaban J connectivity index is 1.94. The molecule has 4 rings (SSSR count). The summed E-state index contributed by atoms with van der Waals surface area (Å²) in [6, 6.07) is 7.40. The minimum Gasteiger partial charge on any atom is -0.502 e. The van der Waals surface area contributed by atoms with Gasteiger partial charge in [-0.1, -0.05) is 34.1 Å². The summed E-state index contributed by atoms with van der Waals surface area (Å²) in [5.74, 6) is -2.04. The first-order valence-corrected chi connectivity index (χ1v) is 10.2. The maximum atomic E-state index is 13.4. The SMILES string of the molecule is CN1C(=O)c2c(O)c(=O)ccn2N2C(c3ccccc3Br)C(CC(F)(F)F)CCC12. The fourth-order valence-electron chi connectivity index (χ4n) is 4.54. The van der Waals surface area contributed by atoms with Gasteiger partial charge in [0.05, 0.1) is 6.04 Å². The van der Waals surface area contributed by atoms with Crippen molar-refractivity contribution < 1.29 is 23.1 Å². The Morgan fingerprint density at radius 3 is 2.53 bits per heavy atom. The lowest BCUT2D eigenvalue weighted by Crippen LogP contribution is -2.64. The zero-order valence-corrected chi connectivity index (χ0v) is 17.5. The van der Waals surface area contributed by atoms with E-state index in [1.165, 1.54) is 22.8 Å². The van der Waals surface area contributed by atoms with Gasteiger partial charge in [0.25, 0.3) is 5.91 Å². The third kappa shape index (κ3) is 3.36. The van der Waals surface area contributed by atoms with Crippen LogP contribution in [0.2, 0.25) is 0 Å². The summed E-state index contributed by atoms with van der Waals surface area (Å²) in [5, 5.41) is 12.0. The number of hydrogen-bond acceptors (Lipinski definition) is 4. The summed E-state index contributed by atoms with van der Waals surface area (Å²) >= 11 is 3.45. The van der Waals surface area contributed by atoms with Crippen LogP contribution in [-0.4, -0.2) is 40.0 Å².